The molecule has 3 heterocycles. The maximum Gasteiger partial charge on any atom is 0.147 e. The second kappa shape index (κ2) is 10.7. The van der Waals surface area contributed by atoms with Crippen molar-refractivity contribution in [2.24, 2.45) is 0 Å². The van der Waals surface area contributed by atoms with Gasteiger partial charge < -0.3 is 13.3 Å². The van der Waals surface area contributed by atoms with E-state index in [1.165, 1.54) is 49.0 Å². The predicted octanol–water partition coefficient (Wildman–Crippen LogP) is 14.7. The van der Waals surface area contributed by atoms with E-state index in [0.29, 0.717) is 0 Å². The van der Waals surface area contributed by atoms with Crippen LogP contribution in [0.15, 0.2) is 183 Å². The summed E-state index contributed by atoms with van der Waals surface area (Å²) >= 11 is 0. The second-order valence-corrected chi connectivity index (χ2v) is 14.0. The fourth-order valence-corrected chi connectivity index (χ4v) is 8.71. The van der Waals surface area contributed by atoms with Gasteiger partial charge in [-0.1, -0.05) is 115 Å². The molecule has 0 aliphatic heterocycles. The summed E-state index contributed by atoms with van der Waals surface area (Å²) in [7, 11) is 0. The van der Waals surface area contributed by atoms with Gasteiger partial charge in [0.15, 0.2) is 0 Å². The van der Waals surface area contributed by atoms with Crippen molar-refractivity contribution in [1.29, 1.82) is 0 Å². The van der Waals surface area contributed by atoms with E-state index in [2.05, 4.69) is 152 Å². The molecule has 0 saturated heterocycles. The Hall–Kier alpha value is -7.10. The zero-order valence-electron chi connectivity index (χ0n) is 28.4. The van der Waals surface area contributed by atoms with Crippen LogP contribution in [-0.2, 0) is 0 Å². The average Bonchev–Trinajstić information content (AvgIpc) is 3.92. The van der Waals surface area contributed by atoms with Crippen molar-refractivity contribution in [3.05, 3.63) is 170 Å². The molecule has 0 spiro atoms. The highest BCUT2D eigenvalue weighted by molar-refractivity contribution is 6.23. The van der Waals surface area contributed by atoms with Gasteiger partial charge in [0.1, 0.15) is 27.9 Å². The van der Waals surface area contributed by atoms with E-state index >= 15 is 0 Å². The highest BCUT2D eigenvalue weighted by Crippen LogP contribution is 2.47. The Labute approximate surface area is 302 Å². The fraction of sp³-hybridized carbons (Fsp3) is 0. The van der Waals surface area contributed by atoms with Crippen LogP contribution in [0.4, 0.5) is 0 Å². The number of rotatable bonds is 3. The first-order valence-corrected chi connectivity index (χ1v) is 18.0. The normalized spacial score (nSPS) is 12.2. The third-order valence-corrected chi connectivity index (χ3v) is 11.1. The van der Waals surface area contributed by atoms with Gasteiger partial charge in [0.25, 0.3) is 0 Å². The largest absolute Gasteiger partial charge is 0.464 e. The molecule has 0 saturated carbocycles. The molecule has 0 aliphatic carbocycles. The van der Waals surface area contributed by atoms with Crippen LogP contribution in [0.1, 0.15) is 0 Å². The van der Waals surface area contributed by atoms with Crippen LogP contribution in [0.5, 0.6) is 0 Å². The minimum Gasteiger partial charge on any atom is -0.464 e. The molecule has 0 N–H and O–H groups in total. The molecule has 3 aromatic heterocycles. The van der Waals surface area contributed by atoms with Gasteiger partial charge in [-0.05, 0) is 109 Å². The number of fused-ring (bicyclic) bond motifs is 11. The molecule has 53 heavy (non-hydrogen) atoms. The summed E-state index contributed by atoms with van der Waals surface area (Å²) in [5.74, 6) is 0. The fourth-order valence-electron chi connectivity index (χ4n) is 8.71. The first-order chi connectivity index (χ1) is 26.3. The zero-order chi connectivity index (χ0) is 34.6. The lowest BCUT2D eigenvalue weighted by Gasteiger charge is -2.17. The maximum absolute atomic E-state index is 6.85. The molecule has 0 aliphatic rings. The first-order valence-electron chi connectivity index (χ1n) is 18.0. The highest BCUT2D eigenvalue weighted by Gasteiger charge is 2.21. The summed E-state index contributed by atoms with van der Waals surface area (Å²) in [6, 6.07) is 58.3. The molecule has 0 fully saturated rings. The molecule has 12 rings (SSSR count). The van der Waals surface area contributed by atoms with E-state index in [-0.39, 0.29) is 0 Å². The Bertz CT molecular complexity index is 3410. The minimum atomic E-state index is 0.814. The number of furan rings is 3. The Morgan fingerprint density at radius 2 is 0.887 bits per heavy atom. The van der Waals surface area contributed by atoms with Crippen LogP contribution >= 0.6 is 0 Å². The van der Waals surface area contributed by atoms with Gasteiger partial charge in [-0.3, -0.25) is 0 Å². The minimum absolute atomic E-state index is 0.814. The Morgan fingerprint density at radius 3 is 1.66 bits per heavy atom. The van der Waals surface area contributed by atoms with E-state index in [1.807, 2.05) is 18.4 Å². The van der Waals surface area contributed by atoms with E-state index in [9.17, 15) is 0 Å². The molecule has 0 bridgehead atoms. The summed E-state index contributed by atoms with van der Waals surface area (Å²) in [6.45, 7) is 0. The summed E-state index contributed by atoms with van der Waals surface area (Å²) in [5, 5.41) is 12.6. The van der Waals surface area contributed by atoms with E-state index < -0.39 is 0 Å². The van der Waals surface area contributed by atoms with Gasteiger partial charge in [-0.2, -0.15) is 0 Å². The molecule has 9 aromatic carbocycles. The summed E-state index contributed by atoms with van der Waals surface area (Å²) in [6.07, 6.45) is 1.86. The summed E-state index contributed by atoms with van der Waals surface area (Å²) in [5.41, 5.74) is 11.2. The Kier molecular flexibility index (Phi) is 5.77. The van der Waals surface area contributed by atoms with Gasteiger partial charge in [0, 0.05) is 27.1 Å². The van der Waals surface area contributed by atoms with Gasteiger partial charge in [0.2, 0.25) is 0 Å². The Morgan fingerprint density at radius 1 is 0.321 bits per heavy atom. The third-order valence-electron chi connectivity index (χ3n) is 11.1. The quantitative estimate of drug-likeness (QED) is 0.175. The lowest BCUT2D eigenvalue weighted by molar-refractivity contribution is 0.616. The van der Waals surface area contributed by atoms with E-state index in [0.717, 1.165) is 71.5 Å². The topological polar surface area (TPSA) is 39.4 Å². The van der Waals surface area contributed by atoms with Crippen LogP contribution in [0.25, 0.3) is 121 Å². The summed E-state index contributed by atoms with van der Waals surface area (Å²) in [4.78, 5) is 0. The van der Waals surface area contributed by atoms with Gasteiger partial charge in [-0.15, -0.1) is 0 Å². The molecular formula is C50H28O3. The van der Waals surface area contributed by atoms with Crippen molar-refractivity contribution >= 4 is 87.2 Å². The number of para-hydroxylation sites is 1. The average molecular weight is 677 g/mol. The van der Waals surface area contributed by atoms with Gasteiger partial charge in [0.05, 0.1) is 11.6 Å². The molecule has 0 atom stereocenters. The smallest absolute Gasteiger partial charge is 0.147 e. The number of hydrogen-bond donors (Lipinski definition) is 0. The van der Waals surface area contributed by atoms with Crippen LogP contribution in [0.2, 0.25) is 0 Å². The second-order valence-electron chi connectivity index (χ2n) is 14.0. The predicted molar refractivity (Wildman–Crippen MR) is 220 cm³/mol. The lowest BCUT2D eigenvalue weighted by Crippen LogP contribution is -1.90. The molecule has 3 nitrogen and oxygen atoms in total. The van der Waals surface area contributed by atoms with Gasteiger partial charge >= 0.3 is 0 Å². The zero-order valence-corrected chi connectivity index (χ0v) is 28.4. The van der Waals surface area contributed by atoms with Crippen molar-refractivity contribution in [1.82, 2.24) is 0 Å². The highest BCUT2D eigenvalue weighted by atomic mass is 16.3. The SMILES string of the molecule is c1ccc2cc(-c3coc4ccc5c6ccc(-c7c8ccccc8c(-c8ccc9oc%10ccccc%10c9c8)c8ccccc78)cc6oc5c34)ccc2c1. The van der Waals surface area contributed by atoms with Crippen molar-refractivity contribution in [2.45, 2.75) is 0 Å². The van der Waals surface area contributed by atoms with Gasteiger partial charge in [-0.25, -0.2) is 0 Å². The lowest BCUT2D eigenvalue weighted by atomic mass is 9.85. The van der Waals surface area contributed by atoms with Crippen LogP contribution in [0, 0.1) is 0 Å². The Balaban J connectivity index is 1.08. The molecular weight excluding hydrogens is 649 g/mol. The van der Waals surface area contributed by atoms with Crippen molar-refractivity contribution in [3.8, 4) is 33.4 Å². The maximum atomic E-state index is 6.85. The molecule has 3 heteroatoms. The number of hydrogen-bond acceptors (Lipinski definition) is 3. The summed E-state index contributed by atoms with van der Waals surface area (Å²) < 4.78 is 19.2. The third kappa shape index (κ3) is 4.10. The van der Waals surface area contributed by atoms with Crippen molar-refractivity contribution < 1.29 is 13.3 Å². The number of benzene rings is 9. The monoisotopic (exact) mass is 676 g/mol. The molecule has 0 amide bonds. The van der Waals surface area contributed by atoms with Crippen molar-refractivity contribution in [2.75, 3.05) is 0 Å². The standard InChI is InChI=1S/C50H28O3/c1-2-10-30-25-31(18-17-29(30)9-1)42-28-51-45-24-22-40-35-21-19-33(27-46(35)53-50(40)49(42)45)48-38-14-5-3-12-36(38)47(37-13-4-6-15-39(37)48)32-20-23-44-41(26-32)34-11-7-8-16-43(34)52-44/h1-28H. The molecule has 12 aromatic rings. The molecule has 0 unspecified atom stereocenters. The van der Waals surface area contributed by atoms with E-state index in [1.54, 1.807) is 0 Å². The van der Waals surface area contributed by atoms with Crippen LogP contribution in [-0.4, -0.2) is 0 Å². The van der Waals surface area contributed by atoms with Crippen molar-refractivity contribution in [3.63, 3.8) is 0 Å². The molecule has 246 valence electrons. The first kappa shape index (κ1) is 28.6. The van der Waals surface area contributed by atoms with Crippen LogP contribution in [0.3, 0.4) is 0 Å². The van der Waals surface area contributed by atoms with E-state index in [4.69, 9.17) is 13.3 Å². The molecule has 0 radical (unpaired) electrons. The van der Waals surface area contributed by atoms with Crippen LogP contribution < -0.4 is 0 Å².